The van der Waals surface area contributed by atoms with Crippen molar-refractivity contribution in [1.29, 1.82) is 0 Å². The van der Waals surface area contributed by atoms with Crippen molar-refractivity contribution in [2.45, 2.75) is 38.2 Å². The van der Waals surface area contributed by atoms with Gasteiger partial charge in [-0.1, -0.05) is 48.9 Å². The van der Waals surface area contributed by atoms with Gasteiger partial charge in [-0.15, -0.1) is 0 Å². The van der Waals surface area contributed by atoms with Crippen LogP contribution in [0.15, 0.2) is 48.5 Å². The van der Waals surface area contributed by atoms with E-state index in [9.17, 15) is 13.2 Å². The Balaban J connectivity index is 2.07. The summed E-state index contributed by atoms with van der Waals surface area (Å²) in [7, 11) is -3.57. The average molecular weight is 345 g/mol. The predicted octanol–water partition coefficient (Wildman–Crippen LogP) is 3.50. The molecule has 0 radical (unpaired) electrons. The summed E-state index contributed by atoms with van der Waals surface area (Å²) >= 11 is 0. The first-order chi connectivity index (χ1) is 11.3. The smallest absolute Gasteiger partial charge is 0.242 e. The molecule has 0 saturated heterocycles. The van der Waals surface area contributed by atoms with E-state index in [4.69, 9.17) is 0 Å². The Morgan fingerprint density at radius 3 is 2.33 bits per heavy atom. The molecule has 1 unspecified atom stereocenters. The minimum atomic E-state index is -3.57. The second-order valence-electron chi connectivity index (χ2n) is 5.98. The second kappa shape index (κ2) is 7.62. The third-order valence-electron chi connectivity index (χ3n) is 3.99. The lowest BCUT2D eigenvalue weighted by Crippen LogP contribution is -2.33. The van der Waals surface area contributed by atoms with Gasteiger partial charge in [0, 0.05) is 5.69 Å². The molecule has 0 saturated carbocycles. The van der Waals surface area contributed by atoms with E-state index < -0.39 is 21.0 Å². The van der Waals surface area contributed by atoms with Crippen LogP contribution in [0.2, 0.25) is 0 Å². The Kier molecular flexibility index (Phi) is 5.78. The number of rotatable bonds is 6. The largest absolute Gasteiger partial charge is 0.325 e. The summed E-state index contributed by atoms with van der Waals surface area (Å²) in [6, 6.07) is 14.7. The summed E-state index contributed by atoms with van der Waals surface area (Å²) in [5, 5.41) is 1.57. The second-order valence-corrected chi connectivity index (χ2v) is 8.30. The zero-order chi connectivity index (χ0) is 17.7. The first kappa shape index (κ1) is 18.2. The third-order valence-corrected chi connectivity index (χ3v) is 6.02. The fourth-order valence-corrected chi connectivity index (χ4v) is 3.67. The first-order valence-electron chi connectivity index (χ1n) is 7.98. The van der Waals surface area contributed by atoms with Crippen LogP contribution in [0.3, 0.4) is 0 Å². The maximum absolute atomic E-state index is 12.5. The van der Waals surface area contributed by atoms with Crippen molar-refractivity contribution in [3.63, 3.8) is 0 Å². The lowest BCUT2D eigenvalue weighted by molar-refractivity contribution is -0.115. The zero-order valence-corrected chi connectivity index (χ0v) is 15.1. The highest BCUT2D eigenvalue weighted by Gasteiger charge is 2.28. The topological polar surface area (TPSA) is 63.2 Å². The van der Waals surface area contributed by atoms with E-state index in [1.54, 1.807) is 18.2 Å². The van der Waals surface area contributed by atoms with Crippen LogP contribution in [0, 0.1) is 6.92 Å². The number of carbonyl (C=O) groups is 1. The highest BCUT2D eigenvalue weighted by Crippen LogP contribution is 2.16. The number of nitrogens with one attached hydrogen (secondary N) is 1. The van der Waals surface area contributed by atoms with E-state index in [1.807, 2.05) is 44.2 Å². The number of amides is 1. The Hall–Kier alpha value is -2.14. The summed E-state index contributed by atoms with van der Waals surface area (Å²) in [5.74, 6) is -0.648. The number of hydrogen-bond acceptors (Lipinski definition) is 3. The number of anilines is 1. The van der Waals surface area contributed by atoms with E-state index in [2.05, 4.69) is 5.32 Å². The van der Waals surface area contributed by atoms with Crippen LogP contribution in [-0.4, -0.2) is 19.6 Å². The van der Waals surface area contributed by atoms with Crippen LogP contribution >= 0.6 is 0 Å². The molecule has 2 aromatic carbocycles. The maximum Gasteiger partial charge on any atom is 0.242 e. The van der Waals surface area contributed by atoms with Crippen molar-refractivity contribution in [3.05, 3.63) is 65.2 Å². The Morgan fingerprint density at radius 1 is 1.08 bits per heavy atom. The van der Waals surface area contributed by atoms with Gasteiger partial charge in [0.25, 0.3) is 0 Å². The van der Waals surface area contributed by atoms with Gasteiger partial charge in [0.1, 0.15) is 5.25 Å². The van der Waals surface area contributed by atoms with Gasteiger partial charge < -0.3 is 5.32 Å². The maximum atomic E-state index is 12.5. The van der Waals surface area contributed by atoms with Crippen molar-refractivity contribution in [2.75, 3.05) is 5.32 Å². The Morgan fingerprint density at radius 2 is 1.75 bits per heavy atom. The fraction of sp³-hybridized carbons (Fsp3) is 0.316. The van der Waals surface area contributed by atoms with E-state index in [0.29, 0.717) is 11.3 Å². The number of benzene rings is 2. The van der Waals surface area contributed by atoms with E-state index >= 15 is 0 Å². The molecule has 24 heavy (non-hydrogen) atoms. The normalized spacial score (nSPS) is 12.6. The third kappa shape index (κ3) is 4.68. The molecule has 0 aliphatic carbocycles. The van der Waals surface area contributed by atoms with Gasteiger partial charge in [-0.05, 0) is 43.5 Å². The summed E-state index contributed by atoms with van der Waals surface area (Å²) in [6.45, 7) is 5.39. The Bertz CT molecular complexity index is 811. The molecule has 4 nitrogen and oxygen atoms in total. The molecule has 0 aliphatic heterocycles. The molecule has 5 heteroatoms. The van der Waals surface area contributed by atoms with Crippen molar-refractivity contribution in [3.8, 4) is 0 Å². The van der Waals surface area contributed by atoms with Gasteiger partial charge in [0.05, 0.1) is 5.75 Å². The van der Waals surface area contributed by atoms with Gasteiger partial charge in [-0.3, -0.25) is 4.79 Å². The van der Waals surface area contributed by atoms with E-state index in [-0.39, 0.29) is 5.75 Å². The van der Waals surface area contributed by atoms with Crippen molar-refractivity contribution >= 4 is 21.4 Å². The molecular weight excluding hydrogens is 322 g/mol. The number of aryl methyl sites for hydroxylation is 2. The minimum absolute atomic E-state index is 0.141. The van der Waals surface area contributed by atoms with Crippen LogP contribution in [0.25, 0.3) is 0 Å². The molecule has 128 valence electrons. The van der Waals surface area contributed by atoms with E-state index in [0.717, 1.165) is 17.5 Å². The fourth-order valence-electron chi connectivity index (χ4n) is 2.39. The van der Waals surface area contributed by atoms with Gasteiger partial charge >= 0.3 is 0 Å². The van der Waals surface area contributed by atoms with Gasteiger partial charge in [0.2, 0.25) is 5.91 Å². The minimum Gasteiger partial charge on any atom is -0.325 e. The average Bonchev–Trinajstić information content (AvgIpc) is 2.54. The van der Waals surface area contributed by atoms with Crippen LogP contribution in [0.1, 0.15) is 30.5 Å². The molecule has 0 fully saturated rings. The SMILES string of the molecule is CCc1ccc(NC(=O)C(C)S(=O)(=O)Cc2cccc(C)c2)cc1. The summed E-state index contributed by atoms with van der Waals surface area (Å²) in [5.41, 5.74) is 3.46. The molecule has 0 bridgehead atoms. The Labute approximate surface area is 143 Å². The highest BCUT2D eigenvalue weighted by atomic mass is 32.2. The van der Waals surface area contributed by atoms with Crippen molar-refractivity contribution < 1.29 is 13.2 Å². The number of sulfone groups is 1. The van der Waals surface area contributed by atoms with Gasteiger partial charge in [-0.2, -0.15) is 0 Å². The van der Waals surface area contributed by atoms with Crippen LogP contribution in [-0.2, 0) is 26.8 Å². The monoisotopic (exact) mass is 345 g/mol. The summed E-state index contributed by atoms with van der Waals surface area (Å²) in [4.78, 5) is 12.3. The summed E-state index contributed by atoms with van der Waals surface area (Å²) in [6.07, 6.45) is 0.912. The molecule has 1 N–H and O–H groups in total. The molecule has 1 atom stereocenters. The lowest BCUT2D eigenvalue weighted by Gasteiger charge is -2.14. The van der Waals surface area contributed by atoms with Crippen molar-refractivity contribution in [1.82, 2.24) is 0 Å². The van der Waals surface area contributed by atoms with Crippen LogP contribution in [0.4, 0.5) is 5.69 Å². The number of carbonyl (C=O) groups excluding carboxylic acids is 1. The zero-order valence-electron chi connectivity index (χ0n) is 14.2. The molecule has 0 heterocycles. The summed E-state index contributed by atoms with van der Waals surface area (Å²) < 4.78 is 25.0. The molecule has 0 aliphatic rings. The van der Waals surface area contributed by atoms with Crippen LogP contribution in [0.5, 0.6) is 0 Å². The predicted molar refractivity (Wildman–Crippen MR) is 97.7 cm³/mol. The first-order valence-corrected chi connectivity index (χ1v) is 9.70. The lowest BCUT2D eigenvalue weighted by atomic mass is 10.1. The molecule has 2 aromatic rings. The van der Waals surface area contributed by atoms with Crippen LogP contribution < -0.4 is 5.32 Å². The highest BCUT2D eigenvalue weighted by molar-refractivity contribution is 7.92. The molecule has 2 rings (SSSR count). The van der Waals surface area contributed by atoms with Gasteiger partial charge in [0.15, 0.2) is 9.84 Å². The molecule has 0 spiro atoms. The molecular formula is C19H23NO3S. The van der Waals surface area contributed by atoms with Crippen molar-refractivity contribution in [2.24, 2.45) is 0 Å². The number of hydrogen-bond donors (Lipinski definition) is 1. The standard InChI is InChI=1S/C19H23NO3S/c1-4-16-8-10-18(11-9-16)20-19(21)15(3)24(22,23)13-17-7-5-6-14(2)12-17/h5-12,15H,4,13H2,1-3H3,(H,20,21). The molecule has 0 aromatic heterocycles. The molecule has 1 amide bonds. The van der Waals surface area contributed by atoms with E-state index in [1.165, 1.54) is 6.92 Å². The quantitative estimate of drug-likeness (QED) is 0.871. The van der Waals surface area contributed by atoms with Gasteiger partial charge in [-0.25, -0.2) is 8.42 Å².